The van der Waals surface area contributed by atoms with Crippen molar-refractivity contribution in [3.8, 4) is 0 Å². The Balaban J connectivity index is 1.19. The van der Waals surface area contributed by atoms with Gasteiger partial charge in [-0.05, 0) is 0 Å². The van der Waals surface area contributed by atoms with Gasteiger partial charge >= 0.3 is 0 Å². The molecule has 0 radical (unpaired) electrons. The maximum absolute atomic E-state index is 11.3. The molecule has 77 heavy (non-hydrogen) atoms. The Labute approximate surface area is 434 Å². The van der Waals surface area contributed by atoms with Gasteiger partial charge in [0.25, 0.3) is 0 Å². The van der Waals surface area contributed by atoms with Gasteiger partial charge in [-0.3, -0.25) is 0 Å². The lowest BCUT2D eigenvalue weighted by molar-refractivity contribution is -0.396. The molecule has 448 valence electrons. The van der Waals surface area contributed by atoms with Gasteiger partial charge in [-0.1, -0.05) is 0 Å². The first kappa shape index (κ1) is 62.6. The molecule has 0 spiro atoms. The first-order valence-electron chi connectivity index (χ1n) is 24.4. The van der Waals surface area contributed by atoms with E-state index in [1.807, 2.05) is 0 Å². The third-order valence-corrected chi connectivity index (χ3v) is 14.2. The van der Waals surface area contributed by atoms with E-state index in [2.05, 4.69) is 0 Å². The van der Waals surface area contributed by atoms with Crippen molar-refractivity contribution in [1.82, 2.24) is 0 Å². The molecule has 35 heteroatoms. The van der Waals surface area contributed by atoms with E-state index >= 15 is 0 Å². The molecule has 0 aliphatic carbocycles. The predicted octanol–water partition coefficient (Wildman–Crippen LogP) is -13.7. The fourth-order valence-electron chi connectivity index (χ4n) is 9.87. The smallest absolute Gasteiger partial charge is 0.218 e. The minimum absolute atomic E-state index is 0.617. The van der Waals surface area contributed by atoms with E-state index in [1.54, 1.807) is 0 Å². The largest absolute Gasteiger partial charge is 0.506 e. The van der Waals surface area contributed by atoms with Gasteiger partial charge < -0.3 is 175 Å². The van der Waals surface area contributed by atoms with Gasteiger partial charge in [0.1, 0.15) is 153 Å². The van der Waals surface area contributed by atoms with Crippen LogP contribution in [0.25, 0.3) is 0 Å². The lowest BCUT2D eigenvalue weighted by atomic mass is 9.95. The van der Waals surface area contributed by atoms with E-state index in [-0.39, 0.29) is 0 Å². The Morgan fingerprint density at radius 2 is 0.519 bits per heavy atom. The molecular formula is C42H71NO34. The molecule has 6 fully saturated rings. The Morgan fingerprint density at radius 3 is 0.753 bits per heavy atom. The summed E-state index contributed by atoms with van der Waals surface area (Å²) in [5, 5.41) is 229. The zero-order valence-electron chi connectivity index (χ0n) is 40.4. The van der Waals surface area contributed by atoms with Crippen molar-refractivity contribution in [3.05, 3.63) is 11.5 Å². The number of aliphatic hydroxyl groups excluding tert-OH is 21. The highest BCUT2D eigenvalue weighted by Crippen LogP contribution is 2.38. The molecule has 6 saturated heterocycles. The number of nitrogens with two attached hydrogens (primary N) is 1. The van der Waals surface area contributed by atoms with E-state index < -0.39 is 261 Å². The highest BCUT2D eigenvalue weighted by molar-refractivity contribution is 5.09. The van der Waals surface area contributed by atoms with E-state index in [1.165, 1.54) is 0 Å². The van der Waals surface area contributed by atoms with Gasteiger partial charge in [0, 0.05) is 19.6 Å². The average molecular weight is 1130 g/mol. The lowest BCUT2D eigenvalue weighted by Gasteiger charge is -2.50. The molecular weight excluding hydrogens is 1060 g/mol. The third-order valence-electron chi connectivity index (χ3n) is 14.2. The van der Waals surface area contributed by atoms with Crippen LogP contribution >= 0.6 is 0 Å². The Kier molecular flexibility index (Phi) is 21.9. The van der Waals surface area contributed by atoms with Gasteiger partial charge in [-0.15, -0.1) is 0 Å². The topological polar surface area (TPSA) is 571 Å². The quantitative estimate of drug-likeness (QED) is 0.107. The summed E-state index contributed by atoms with van der Waals surface area (Å²) in [5.41, 5.74) is 5.86. The molecule has 23 N–H and O–H groups in total. The highest BCUT2D eigenvalue weighted by atomic mass is 16.8. The van der Waals surface area contributed by atoms with Crippen LogP contribution in [0.5, 0.6) is 0 Å². The van der Waals surface area contributed by atoms with Gasteiger partial charge in [0.15, 0.2) is 49.3 Å². The number of hydrogen-bond donors (Lipinski definition) is 22. The van der Waals surface area contributed by atoms with Crippen LogP contribution < -0.4 is 5.73 Å². The molecule has 32 atom stereocenters. The number of fused-ring (bicyclic) bond motifs is 1. The molecule has 17 aliphatic rings. The first-order chi connectivity index (χ1) is 36.6. The Bertz CT molecular complexity index is 1860. The lowest BCUT2D eigenvalue weighted by Crippen LogP contribution is -2.68. The van der Waals surface area contributed by atoms with Crippen LogP contribution in [0, 0.1) is 0 Å². The van der Waals surface area contributed by atoms with Gasteiger partial charge in [0.2, 0.25) is 6.29 Å². The predicted molar refractivity (Wildman–Crippen MR) is 233 cm³/mol. The monoisotopic (exact) mass is 1130 g/mol. The number of aliphatic hydroxyl groups is 21. The minimum Gasteiger partial charge on any atom is -0.506 e. The molecule has 0 aromatic carbocycles. The summed E-state index contributed by atoms with van der Waals surface area (Å²) in [6.45, 7) is -6.72. The molecule has 12 bridgehead atoms. The van der Waals surface area contributed by atoms with Crippen molar-refractivity contribution in [2.45, 2.75) is 203 Å². The van der Waals surface area contributed by atoms with Crippen molar-refractivity contribution in [2.24, 2.45) is 5.73 Å². The van der Waals surface area contributed by atoms with Crippen LogP contribution in [0.4, 0.5) is 0 Å². The molecule has 17 aliphatic heterocycles. The van der Waals surface area contributed by atoms with Gasteiger partial charge in [-0.25, -0.2) is 0 Å². The molecule has 35 nitrogen and oxygen atoms in total. The second-order valence-corrected chi connectivity index (χ2v) is 19.2. The summed E-state index contributed by atoms with van der Waals surface area (Å²) in [6, 6.07) is 0. The summed E-state index contributed by atoms with van der Waals surface area (Å²) in [4.78, 5) is 0. The fourth-order valence-corrected chi connectivity index (χ4v) is 9.87. The average Bonchev–Trinajstić information content (AvgIpc) is 3.43. The maximum atomic E-state index is 11.3. The van der Waals surface area contributed by atoms with Crippen LogP contribution in [0.15, 0.2) is 11.5 Å². The second-order valence-electron chi connectivity index (χ2n) is 19.2. The molecule has 17 rings (SSSR count). The van der Waals surface area contributed by atoms with Crippen molar-refractivity contribution >= 4 is 0 Å². The van der Waals surface area contributed by atoms with Gasteiger partial charge in [-0.2, -0.15) is 0 Å². The van der Waals surface area contributed by atoms with Crippen LogP contribution in [0.2, 0.25) is 0 Å². The standard InChI is InChI=1S/C42H71NO34/c43-3-10-30-17(51)25(59)38(66-10)73-32-12(5-46)68-40(26(60)19(32)53)75-34-14(7-48)70-42(28(62)21(34)55)77-35-15(8-49)71-41(29(63)22(35)56)76-33-13(6-47)69-39(27(61)20(33)54)74-31-11(4-45)67-37(24(58)18(31)52)65-9(1-2-44)16(50)23(57)36(64)72-30/h9-15,17-22,24-42,44-64H,1-8,43H2/b23-16-/t9?,10?,11?,12?,13?,14?,15?,17?,18?,19?,20?,21?,22?,24?,25?,26?,27?,28?,29?,30?,31?,32?,33?,34?,35?,36?,37?,38-,39?,40?,41?,42?/m0/s1. The maximum Gasteiger partial charge on any atom is 0.218 e. The summed E-state index contributed by atoms with van der Waals surface area (Å²) >= 11 is 0. The normalized spacial score (nSPS) is 52.9. The minimum atomic E-state index is -2.65. The Hall–Kier alpha value is -1.98. The number of hydrogen-bond acceptors (Lipinski definition) is 35. The zero-order chi connectivity index (χ0) is 56.5. The van der Waals surface area contributed by atoms with Gasteiger partial charge in [0.05, 0.1) is 33.0 Å². The molecule has 0 saturated carbocycles. The highest BCUT2D eigenvalue weighted by Gasteiger charge is 2.58. The summed E-state index contributed by atoms with van der Waals surface area (Å²) in [5.74, 6) is -2.79. The molecule has 0 amide bonds. The van der Waals surface area contributed by atoms with E-state index in [0.29, 0.717) is 0 Å². The van der Waals surface area contributed by atoms with Crippen LogP contribution in [-0.2, 0) is 61.6 Å². The molecule has 31 unspecified atom stereocenters. The van der Waals surface area contributed by atoms with Crippen LogP contribution in [0.3, 0.4) is 0 Å². The Morgan fingerprint density at radius 1 is 0.286 bits per heavy atom. The SMILES string of the molecule is NCC1O[C@H]2OC3C(CO)OC(OC4C(CO)OC(OC5C(CO)OC(OC6C(CO)OC(OC7C(CO)OC(OC(CCO)/C(O)=C(/O)C(O)OC1C(O)C2O)C(O)C7O)C(O)C6O)C(O)C5O)C(O)C4O)C(O)C3O. The molecule has 17 heterocycles. The summed E-state index contributed by atoms with van der Waals surface area (Å²) in [6.07, 6.45) is -65.6. The first-order valence-corrected chi connectivity index (χ1v) is 24.4. The van der Waals surface area contributed by atoms with Crippen molar-refractivity contribution in [2.75, 3.05) is 46.2 Å². The summed E-state index contributed by atoms with van der Waals surface area (Å²) in [7, 11) is 0. The number of rotatable bonds is 8. The van der Waals surface area contributed by atoms with Crippen LogP contribution in [-0.4, -0.2) is 350 Å². The van der Waals surface area contributed by atoms with E-state index in [9.17, 15) is 107 Å². The van der Waals surface area contributed by atoms with Crippen molar-refractivity contribution < 1.29 is 169 Å². The molecule has 0 aromatic heterocycles. The number of ether oxygens (including phenoxy) is 13. The fraction of sp³-hybridized carbons (Fsp3) is 0.952. The zero-order valence-corrected chi connectivity index (χ0v) is 40.4. The molecule has 0 aromatic rings. The van der Waals surface area contributed by atoms with Crippen LogP contribution in [0.1, 0.15) is 6.42 Å². The van der Waals surface area contributed by atoms with E-state index in [4.69, 9.17) is 67.3 Å². The van der Waals surface area contributed by atoms with Crippen molar-refractivity contribution in [1.29, 1.82) is 0 Å². The van der Waals surface area contributed by atoms with E-state index in [0.717, 1.165) is 0 Å². The van der Waals surface area contributed by atoms with Crippen molar-refractivity contribution in [3.63, 3.8) is 0 Å². The second kappa shape index (κ2) is 26.9. The third kappa shape index (κ3) is 12.8. The summed E-state index contributed by atoms with van der Waals surface area (Å²) < 4.78 is 73.2.